The van der Waals surface area contributed by atoms with E-state index in [2.05, 4.69) is 55.5 Å². The highest BCUT2D eigenvalue weighted by Gasteiger charge is 2.12. The molecular formula is C28H21F2N. The van der Waals surface area contributed by atoms with Gasteiger partial charge in [-0.05, 0) is 57.9 Å². The van der Waals surface area contributed by atoms with Crippen LogP contribution in [0.15, 0.2) is 91.0 Å². The zero-order valence-corrected chi connectivity index (χ0v) is 17.1. The van der Waals surface area contributed by atoms with Crippen LogP contribution in [-0.4, -0.2) is 0 Å². The average Bonchev–Trinajstić information content (AvgIpc) is 2.80. The molecule has 31 heavy (non-hydrogen) atoms. The number of nitriles is 1. The van der Waals surface area contributed by atoms with Crippen molar-refractivity contribution >= 4 is 0 Å². The van der Waals surface area contributed by atoms with Crippen LogP contribution in [0.25, 0.3) is 22.3 Å². The molecule has 0 spiro atoms. The Bertz CT molecular complexity index is 1200. The Labute approximate surface area is 181 Å². The second-order valence-corrected chi connectivity index (χ2v) is 7.72. The van der Waals surface area contributed by atoms with Crippen LogP contribution in [0.1, 0.15) is 29.5 Å². The molecule has 152 valence electrons. The fourth-order valence-corrected chi connectivity index (χ4v) is 3.79. The maximum atomic E-state index is 13.9. The fourth-order valence-electron chi connectivity index (χ4n) is 3.79. The van der Waals surface area contributed by atoms with E-state index < -0.39 is 17.2 Å². The third kappa shape index (κ3) is 4.54. The fraction of sp³-hybridized carbons (Fsp3) is 0.107. The maximum absolute atomic E-state index is 13.9. The van der Waals surface area contributed by atoms with Crippen LogP contribution in [-0.2, 0) is 6.42 Å². The minimum Gasteiger partial charge on any atom is -0.205 e. The van der Waals surface area contributed by atoms with Gasteiger partial charge >= 0.3 is 0 Å². The third-order valence-corrected chi connectivity index (χ3v) is 5.57. The van der Waals surface area contributed by atoms with Gasteiger partial charge in [0.15, 0.2) is 0 Å². The molecule has 4 rings (SSSR count). The van der Waals surface area contributed by atoms with E-state index in [1.807, 2.05) is 30.3 Å². The first-order valence-electron chi connectivity index (χ1n) is 10.2. The molecule has 0 bridgehead atoms. The second kappa shape index (κ2) is 8.93. The van der Waals surface area contributed by atoms with E-state index in [-0.39, 0.29) is 0 Å². The summed E-state index contributed by atoms with van der Waals surface area (Å²) in [4.78, 5) is 0. The lowest BCUT2D eigenvalue weighted by Crippen LogP contribution is -1.98. The van der Waals surface area contributed by atoms with E-state index in [0.29, 0.717) is 17.0 Å². The molecule has 0 radical (unpaired) electrons. The topological polar surface area (TPSA) is 23.8 Å². The van der Waals surface area contributed by atoms with Crippen molar-refractivity contribution in [3.05, 3.63) is 119 Å². The molecule has 0 saturated carbocycles. The lowest BCUT2D eigenvalue weighted by Gasteiger charge is -2.12. The predicted octanol–water partition coefficient (Wildman–Crippen LogP) is 7.52. The van der Waals surface area contributed by atoms with Gasteiger partial charge in [0.25, 0.3) is 0 Å². The van der Waals surface area contributed by atoms with E-state index in [9.17, 15) is 8.78 Å². The summed E-state index contributed by atoms with van der Waals surface area (Å²) in [5, 5.41) is 8.82. The summed E-state index contributed by atoms with van der Waals surface area (Å²) >= 11 is 0. The van der Waals surface area contributed by atoms with Crippen molar-refractivity contribution in [1.29, 1.82) is 5.26 Å². The second-order valence-electron chi connectivity index (χ2n) is 7.72. The molecule has 3 heteroatoms. The first-order valence-corrected chi connectivity index (χ1v) is 10.2. The zero-order chi connectivity index (χ0) is 21.8. The molecule has 0 amide bonds. The highest BCUT2D eigenvalue weighted by atomic mass is 19.1. The summed E-state index contributed by atoms with van der Waals surface area (Å²) in [5.74, 6) is -1.25. The van der Waals surface area contributed by atoms with Crippen molar-refractivity contribution < 1.29 is 8.78 Å². The Hall–Kier alpha value is -3.77. The minimum absolute atomic E-state index is 0.408. The Kier molecular flexibility index (Phi) is 5.91. The lowest BCUT2D eigenvalue weighted by molar-refractivity contribution is 0.577. The Balaban J connectivity index is 1.50. The highest BCUT2D eigenvalue weighted by Crippen LogP contribution is 2.28. The molecule has 1 nitrogen and oxygen atoms in total. The number of rotatable bonds is 5. The van der Waals surface area contributed by atoms with Gasteiger partial charge in [0.05, 0.1) is 0 Å². The van der Waals surface area contributed by atoms with Crippen molar-refractivity contribution in [1.82, 2.24) is 0 Å². The summed E-state index contributed by atoms with van der Waals surface area (Å²) in [7, 11) is 0. The molecule has 4 aromatic rings. The highest BCUT2D eigenvalue weighted by molar-refractivity contribution is 5.71. The van der Waals surface area contributed by atoms with Crippen LogP contribution in [0.2, 0.25) is 0 Å². The Morgan fingerprint density at radius 3 is 1.71 bits per heavy atom. The van der Waals surface area contributed by atoms with Gasteiger partial charge in [0, 0.05) is 0 Å². The van der Waals surface area contributed by atoms with Gasteiger partial charge in [-0.2, -0.15) is 5.26 Å². The molecule has 0 unspecified atom stereocenters. The monoisotopic (exact) mass is 409 g/mol. The van der Waals surface area contributed by atoms with Gasteiger partial charge in [-0.15, -0.1) is 0 Å². The zero-order valence-electron chi connectivity index (χ0n) is 17.1. The summed E-state index contributed by atoms with van der Waals surface area (Å²) in [6, 6.07) is 30.5. The molecule has 0 fully saturated rings. The van der Waals surface area contributed by atoms with Gasteiger partial charge < -0.3 is 0 Å². The Morgan fingerprint density at radius 1 is 0.710 bits per heavy atom. The van der Waals surface area contributed by atoms with Crippen LogP contribution >= 0.6 is 0 Å². The van der Waals surface area contributed by atoms with E-state index in [0.717, 1.165) is 17.5 Å². The van der Waals surface area contributed by atoms with Crippen molar-refractivity contribution in [3.8, 4) is 28.3 Å². The van der Waals surface area contributed by atoms with Gasteiger partial charge in [-0.25, -0.2) is 8.78 Å². The van der Waals surface area contributed by atoms with Crippen molar-refractivity contribution in [3.63, 3.8) is 0 Å². The van der Waals surface area contributed by atoms with Gasteiger partial charge in [0.1, 0.15) is 23.3 Å². The third-order valence-electron chi connectivity index (χ3n) is 5.57. The molecule has 0 aliphatic heterocycles. The molecule has 0 aromatic heterocycles. The smallest absolute Gasteiger partial charge is 0.144 e. The quantitative estimate of drug-likeness (QED) is 0.334. The molecule has 0 aliphatic carbocycles. The van der Waals surface area contributed by atoms with Crippen molar-refractivity contribution in [2.24, 2.45) is 0 Å². The summed E-state index contributed by atoms with van der Waals surface area (Å²) in [5.41, 5.74) is 5.27. The van der Waals surface area contributed by atoms with Crippen LogP contribution < -0.4 is 0 Å². The SMILES string of the molecule is C[C@@H](Cc1ccc(-c2ccc(-c3cc(F)c(C#N)c(F)c3)cc2)cc1)c1ccccc1. The number of nitrogens with zero attached hydrogens (tertiary/aromatic N) is 1. The largest absolute Gasteiger partial charge is 0.205 e. The van der Waals surface area contributed by atoms with Crippen LogP contribution in [0.3, 0.4) is 0 Å². The lowest BCUT2D eigenvalue weighted by atomic mass is 9.92. The molecular weight excluding hydrogens is 388 g/mol. The van der Waals surface area contributed by atoms with E-state index in [1.54, 1.807) is 6.07 Å². The predicted molar refractivity (Wildman–Crippen MR) is 121 cm³/mol. The number of hydrogen-bond acceptors (Lipinski definition) is 1. The molecule has 1 atom stereocenters. The van der Waals surface area contributed by atoms with Crippen molar-refractivity contribution in [2.75, 3.05) is 0 Å². The summed E-state index contributed by atoms with van der Waals surface area (Å²) < 4.78 is 27.8. The van der Waals surface area contributed by atoms with Gasteiger partial charge in [-0.1, -0.05) is 85.8 Å². The van der Waals surface area contributed by atoms with Crippen LogP contribution in [0.5, 0.6) is 0 Å². The normalized spacial score (nSPS) is 11.7. The molecule has 4 aromatic carbocycles. The van der Waals surface area contributed by atoms with E-state index >= 15 is 0 Å². The number of hydrogen-bond donors (Lipinski definition) is 0. The first kappa shape index (κ1) is 20.5. The van der Waals surface area contributed by atoms with E-state index in [4.69, 9.17) is 5.26 Å². The minimum atomic E-state index is -0.845. The van der Waals surface area contributed by atoms with Gasteiger partial charge in [0.2, 0.25) is 0 Å². The van der Waals surface area contributed by atoms with Crippen LogP contribution in [0.4, 0.5) is 8.78 Å². The number of benzene rings is 4. The standard InChI is InChI=1S/C28H21F2N/c1-19(21-5-3-2-4-6-21)15-20-7-9-22(10-8-20)23-11-13-24(14-12-23)25-16-27(29)26(18-31)28(30)17-25/h2-14,16-17,19H,15H2,1H3/t19-/m0/s1. The summed E-state index contributed by atoms with van der Waals surface area (Å²) in [6.45, 7) is 2.23. The number of halogens is 2. The maximum Gasteiger partial charge on any atom is 0.144 e. The summed E-state index contributed by atoms with van der Waals surface area (Å²) in [6.07, 6.45) is 0.971. The molecule has 0 aliphatic rings. The molecule has 0 N–H and O–H groups in total. The Morgan fingerprint density at radius 2 is 1.19 bits per heavy atom. The van der Waals surface area contributed by atoms with E-state index in [1.165, 1.54) is 23.3 Å². The van der Waals surface area contributed by atoms with Crippen LogP contribution in [0, 0.1) is 23.0 Å². The van der Waals surface area contributed by atoms with Crippen molar-refractivity contribution in [2.45, 2.75) is 19.3 Å². The molecule has 0 heterocycles. The molecule has 0 saturated heterocycles. The average molecular weight is 409 g/mol. The first-order chi connectivity index (χ1) is 15.0. The van der Waals surface area contributed by atoms with Gasteiger partial charge in [-0.3, -0.25) is 0 Å².